The van der Waals surface area contributed by atoms with Crippen molar-refractivity contribution >= 4 is 11.9 Å². The van der Waals surface area contributed by atoms with Crippen LogP contribution in [-0.4, -0.2) is 25.2 Å². The third kappa shape index (κ3) is 4.78. The average molecular weight is 266 g/mol. The molecule has 0 aromatic carbocycles. The van der Waals surface area contributed by atoms with E-state index in [2.05, 4.69) is 5.92 Å². The van der Waals surface area contributed by atoms with E-state index in [0.29, 0.717) is 6.42 Å². The molecule has 0 saturated heterocycles. The lowest BCUT2D eigenvalue weighted by Crippen LogP contribution is -2.41. The van der Waals surface area contributed by atoms with Gasteiger partial charge in [0.1, 0.15) is 0 Å². The minimum atomic E-state index is -1.33. The maximum absolute atomic E-state index is 12.2. The summed E-state index contributed by atoms with van der Waals surface area (Å²) in [6.07, 6.45) is 9.56. The van der Waals surface area contributed by atoms with E-state index in [0.717, 1.165) is 0 Å². The Morgan fingerprint density at radius 2 is 1.74 bits per heavy atom. The Labute approximate surface area is 115 Å². The Hall–Kier alpha value is -1.76. The molecule has 0 spiro atoms. The van der Waals surface area contributed by atoms with Gasteiger partial charge in [0.25, 0.3) is 0 Å². The lowest BCUT2D eigenvalue weighted by Gasteiger charge is -2.27. The van der Waals surface area contributed by atoms with Gasteiger partial charge < -0.3 is 9.47 Å². The van der Waals surface area contributed by atoms with Crippen LogP contribution in [0.1, 0.15) is 40.0 Å². The van der Waals surface area contributed by atoms with Gasteiger partial charge in [-0.25, -0.2) is 0 Å². The molecule has 4 heteroatoms. The number of ether oxygens (including phenoxy) is 2. The highest BCUT2D eigenvalue weighted by Gasteiger charge is 2.47. The number of carbonyl (C=O) groups is 2. The average Bonchev–Trinajstić information content (AvgIpc) is 2.40. The highest BCUT2D eigenvalue weighted by molar-refractivity contribution is 6.00. The number of terminal acetylenes is 1. The van der Waals surface area contributed by atoms with E-state index >= 15 is 0 Å². The van der Waals surface area contributed by atoms with Crippen LogP contribution in [0.15, 0.2) is 12.2 Å². The molecule has 0 fully saturated rings. The number of hydrogen-bond donors (Lipinski definition) is 0. The van der Waals surface area contributed by atoms with Gasteiger partial charge in [0.15, 0.2) is 5.41 Å². The number of esters is 2. The number of rotatable bonds is 8. The van der Waals surface area contributed by atoms with Crippen LogP contribution in [0.2, 0.25) is 0 Å². The predicted molar refractivity (Wildman–Crippen MR) is 73.2 cm³/mol. The summed E-state index contributed by atoms with van der Waals surface area (Å²) in [4.78, 5) is 24.3. The maximum atomic E-state index is 12.2. The molecule has 0 atom stereocenters. The second kappa shape index (κ2) is 9.21. The van der Waals surface area contributed by atoms with Crippen molar-refractivity contribution in [2.75, 3.05) is 13.2 Å². The number of hydrogen-bond acceptors (Lipinski definition) is 4. The van der Waals surface area contributed by atoms with Crippen molar-refractivity contribution in [3.05, 3.63) is 12.2 Å². The molecule has 0 aliphatic heterocycles. The van der Waals surface area contributed by atoms with E-state index in [1.807, 2.05) is 6.92 Å². The van der Waals surface area contributed by atoms with Gasteiger partial charge in [-0.15, -0.1) is 12.3 Å². The van der Waals surface area contributed by atoms with Crippen LogP contribution in [0.3, 0.4) is 0 Å². The van der Waals surface area contributed by atoms with Crippen molar-refractivity contribution in [2.24, 2.45) is 5.41 Å². The molecular formula is C15H22O4. The van der Waals surface area contributed by atoms with E-state index in [1.165, 1.54) is 0 Å². The molecule has 0 saturated carbocycles. The molecule has 0 aromatic rings. The third-order valence-corrected chi connectivity index (χ3v) is 2.73. The zero-order valence-electron chi connectivity index (χ0n) is 11.9. The van der Waals surface area contributed by atoms with Crippen LogP contribution in [0.4, 0.5) is 0 Å². The van der Waals surface area contributed by atoms with Crippen molar-refractivity contribution in [3.63, 3.8) is 0 Å². The van der Waals surface area contributed by atoms with E-state index in [4.69, 9.17) is 15.9 Å². The highest BCUT2D eigenvalue weighted by Crippen LogP contribution is 2.32. The monoisotopic (exact) mass is 266 g/mol. The van der Waals surface area contributed by atoms with E-state index in [-0.39, 0.29) is 26.1 Å². The van der Waals surface area contributed by atoms with Gasteiger partial charge in [-0.1, -0.05) is 12.2 Å². The Morgan fingerprint density at radius 3 is 2.11 bits per heavy atom. The van der Waals surface area contributed by atoms with Gasteiger partial charge in [-0.3, -0.25) is 9.59 Å². The standard InChI is InChI=1S/C15H22O4/c1-5-9-11-15(12-10-6-2,13(16)18-7-3)14(17)19-8-4/h1,6,10H,7-9,11-12H2,2-4H3/b10-6+. The summed E-state index contributed by atoms with van der Waals surface area (Å²) in [7, 11) is 0. The molecule has 0 heterocycles. The summed E-state index contributed by atoms with van der Waals surface area (Å²) in [6, 6.07) is 0. The zero-order chi connectivity index (χ0) is 14.7. The van der Waals surface area contributed by atoms with Crippen molar-refractivity contribution in [1.29, 1.82) is 0 Å². The fraction of sp³-hybridized carbons (Fsp3) is 0.600. The van der Waals surface area contributed by atoms with Crippen molar-refractivity contribution < 1.29 is 19.1 Å². The molecule has 106 valence electrons. The van der Waals surface area contributed by atoms with E-state index in [9.17, 15) is 9.59 Å². The summed E-state index contributed by atoms with van der Waals surface area (Å²) < 4.78 is 10.1. The normalized spacial score (nSPS) is 11.1. The Morgan fingerprint density at radius 1 is 1.21 bits per heavy atom. The van der Waals surface area contributed by atoms with Crippen LogP contribution >= 0.6 is 0 Å². The first-order valence-electron chi connectivity index (χ1n) is 6.48. The van der Waals surface area contributed by atoms with Gasteiger partial charge >= 0.3 is 11.9 Å². The van der Waals surface area contributed by atoms with Crippen LogP contribution < -0.4 is 0 Å². The molecule has 0 rings (SSSR count). The Kier molecular flexibility index (Phi) is 8.35. The molecule has 4 nitrogen and oxygen atoms in total. The SMILES string of the molecule is C#CCCC(C/C=C/C)(C(=O)OCC)C(=O)OCC. The molecule has 0 unspecified atom stereocenters. The van der Waals surface area contributed by atoms with Crippen LogP contribution in [0.25, 0.3) is 0 Å². The fourth-order valence-electron chi connectivity index (χ4n) is 1.70. The summed E-state index contributed by atoms with van der Waals surface area (Å²) in [5.41, 5.74) is -1.33. The predicted octanol–water partition coefficient (Wildman–Crippen LogP) is 2.48. The highest BCUT2D eigenvalue weighted by atomic mass is 16.6. The van der Waals surface area contributed by atoms with Crippen molar-refractivity contribution in [3.8, 4) is 12.3 Å². The zero-order valence-corrected chi connectivity index (χ0v) is 11.9. The molecule has 0 aliphatic carbocycles. The summed E-state index contributed by atoms with van der Waals surface area (Å²) in [6.45, 7) is 5.65. The fourth-order valence-corrected chi connectivity index (χ4v) is 1.70. The lowest BCUT2D eigenvalue weighted by molar-refractivity contribution is -0.172. The number of allylic oxidation sites excluding steroid dienone is 2. The molecular weight excluding hydrogens is 244 g/mol. The molecule has 0 N–H and O–H groups in total. The van der Waals surface area contributed by atoms with Crippen molar-refractivity contribution in [2.45, 2.75) is 40.0 Å². The van der Waals surface area contributed by atoms with Gasteiger partial charge in [0.05, 0.1) is 13.2 Å². The maximum Gasteiger partial charge on any atom is 0.323 e. The van der Waals surface area contributed by atoms with Gasteiger partial charge in [-0.2, -0.15) is 0 Å². The Balaban J connectivity index is 5.35. The molecule has 0 aromatic heterocycles. The minimum Gasteiger partial charge on any atom is -0.465 e. The molecule has 19 heavy (non-hydrogen) atoms. The second-order valence-corrected chi connectivity index (χ2v) is 4.00. The van der Waals surface area contributed by atoms with Crippen LogP contribution in [0.5, 0.6) is 0 Å². The summed E-state index contributed by atoms with van der Waals surface area (Å²) in [5, 5.41) is 0. The number of carbonyl (C=O) groups excluding carboxylic acids is 2. The molecule has 0 aliphatic rings. The Bertz CT molecular complexity index is 345. The summed E-state index contributed by atoms with van der Waals surface area (Å²) in [5.74, 6) is 1.32. The van der Waals surface area contributed by atoms with Gasteiger partial charge in [-0.05, 0) is 33.6 Å². The summed E-state index contributed by atoms with van der Waals surface area (Å²) >= 11 is 0. The smallest absolute Gasteiger partial charge is 0.323 e. The molecule has 0 bridgehead atoms. The topological polar surface area (TPSA) is 52.6 Å². The third-order valence-electron chi connectivity index (χ3n) is 2.73. The van der Waals surface area contributed by atoms with E-state index < -0.39 is 17.4 Å². The quantitative estimate of drug-likeness (QED) is 0.293. The van der Waals surface area contributed by atoms with E-state index in [1.54, 1.807) is 26.0 Å². The first kappa shape index (κ1) is 17.2. The largest absolute Gasteiger partial charge is 0.465 e. The first-order valence-corrected chi connectivity index (χ1v) is 6.48. The van der Waals surface area contributed by atoms with Crippen molar-refractivity contribution in [1.82, 2.24) is 0 Å². The van der Waals surface area contributed by atoms with Gasteiger partial charge in [0, 0.05) is 6.42 Å². The lowest BCUT2D eigenvalue weighted by atomic mass is 9.79. The first-order chi connectivity index (χ1) is 9.08. The molecule has 0 radical (unpaired) electrons. The molecule has 0 amide bonds. The minimum absolute atomic E-state index is 0.214. The second-order valence-electron chi connectivity index (χ2n) is 4.00. The van der Waals surface area contributed by atoms with Crippen LogP contribution in [0, 0.1) is 17.8 Å². The van der Waals surface area contributed by atoms with Crippen LogP contribution in [-0.2, 0) is 19.1 Å². The van der Waals surface area contributed by atoms with Gasteiger partial charge in [0.2, 0.25) is 0 Å².